The monoisotopic (exact) mass is 250 g/mol. The topological polar surface area (TPSA) is 64.3 Å². The Morgan fingerprint density at radius 3 is 2.56 bits per heavy atom. The molecule has 0 aliphatic heterocycles. The lowest BCUT2D eigenvalue weighted by Crippen LogP contribution is -2.48. The summed E-state index contributed by atoms with van der Waals surface area (Å²) in [5.74, 6) is 0.621. The molecule has 0 aliphatic carbocycles. The van der Waals surface area contributed by atoms with Gasteiger partial charge in [0.25, 0.3) is 0 Å². The predicted octanol–water partition coefficient (Wildman–Crippen LogP) is 1.68. The van der Waals surface area contributed by atoms with Gasteiger partial charge in [-0.05, 0) is 11.5 Å². The van der Waals surface area contributed by atoms with Gasteiger partial charge in [0.2, 0.25) is 5.91 Å². The molecule has 1 atom stereocenters. The normalized spacial score (nSPS) is 12.9. The molecule has 3 N–H and O–H groups in total. The predicted molar refractivity (Wildman–Crippen MR) is 72.3 cm³/mol. The molecule has 0 saturated carbocycles. The van der Waals surface area contributed by atoms with Crippen molar-refractivity contribution in [2.24, 2.45) is 11.1 Å². The van der Waals surface area contributed by atoms with E-state index in [0.717, 1.165) is 11.3 Å². The Balaban J connectivity index is 2.63. The van der Waals surface area contributed by atoms with E-state index in [2.05, 4.69) is 5.32 Å². The maximum Gasteiger partial charge on any atom is 0.237 e. The van der Waals surface area contributed by atoms with Gasteiger partial charge in [0.1, 0.15) is 5.75 Å². The number of hydrogen-bond acceptors (Lipinski definition) is 3. The first-order valence-corrected chi connectivity index (χ1v) is 6.01. The van der Waals surface area contributed by atoms with E-state index in [0.29, 0.717) is 6.54 Å². The van der Waals surface area contributed by atoms with Crippen LogP contribution in [0.2, 0.25) is 0 Å². The number of nitrogens with one attached hydrogen (secondary N) is 1. The number of amides is 1. The number of carbonyl (C=O) groups excluding carboxylic acids is 1. The molecule has 1 aromatic rings. The Hall–Kier alpha value is -1.55. The molecule has 0 aromatic heterocycles. The first-order valence-electron chi connectivity index (χ1n) is 6.01. The van der Waals surface area contributed by atoms with Crippen molar-refractivity contribution in [1.29, 1.82) is 0 Å². The zero-order valence-electron chi connectivity index (χ0n) is 11.5. The summed E-state index contributed by atoms with van der Waals surface area (Å²) in [6.07, 6.45) is 0. The molecule has 100 valence electrons. The lowest BCUT2D eigenvalue weighted by Gasteiger charge is -2.25. The number of rotatable bonds is 4. The fourth-order valence-electron chi connectivity index (χ4n) is 1.53. The van der Waals surface area contributed by atoms with E-state index >= 15 is 0 Å². The van der Waals surface area contributed by atoms with Gasteiger partial charge in [-0.2, -0.15) is 0 Å². The lowest BCUT2D eigenvalue weighted by molar-refractivity contribution is -0.124. The fraction of sp³-hybridized carbons (Fsp3) is 0.500. The van der Waals surface area contributed by atoms with Gasteiger partial charge in [0, 0.05) is 12.1 Å². The molecule has 0 aliphatic rings. The number of hydrogen-bond donors (Lipinski definition) is 2. The van der Waals surface area contributed by atoms with Crippen LogP contribution in [0.4, 0.5) is 0 Å². The Morgan fingerprint density at radius 2 is 2.00 bits per heavy atom. The molecule has 0 saturated heterocycles. The molecule has 1 amide bonds. The standard InChI is InChI=1S/C14H22N2O2/c1-14(2,3)12(15)13(17)16-9-10-7-5-6-8-11(10)18-4/h5-8,12H,9,15H2,1-4H3,(H,16,17). The molecular formula is C14H22N2O2. The van der Waals surface area contributed by atoms with Crippen molar-refractivity contribution < 1.29 is 9.53 Å². The van der Waals surface area contributed by atoms with Crippen LogP contribution in [0.25, 0.3) is 0 Å². The molecule has 4 nitrogen and oxygen atoms in total. The third-order valence-electron chi connectivity index (χ3n) is 2.86. The van der Waals surface area contributed by atoms with Crippen LogP contribution in [0.1, 0.15) is 26.3 Å². The van der Waals surface area contributed by atoms with Crippen LogP contribution in [0.3, 0.4) is 0 Å². The van der Waals surface area contributed by atoms with Crippen molar-refractivity contribution in [1.82, 2.24) is 5.32 Å². The minimum atomic E-state index is -0.521. The van der Waals surface area contributed by atoms with Crippen molar-refractivity contribution in [2.45, 2.75) is 33.4 Å². The first kappa shape index (κ1) is 14.5. The number of methoxy groups -OCH3 is 1. The number of ether oxygens (including phenoxy) is 1. The highest BCUT2D eigenvalue weighted by atomic mass is 16.5. The molecule has 1 aromatic carbocycles. The second-order valence-electron chi connectivity index (χ2n) is 5.37. The van der Waals surface area contributed by atoms with Gasteiger partial charge in [-0.1, -0.05) is 39.0 Å². The SMILES string of the molecule is COc1ccccc1CNC(=O)C(N)C(C)(C)C. The summed E-state index contributed by atoms with van der Waals surface area (Å²) in [7, 11) is 1.61. The Morgan fingerprint density at radius 1 is 1.39 bits per heavy atom. The molecule has 1 rings (SSSR count). The lowest BCUT2D eigenvalue weighted by atomic mass is 9.87. The van der Waals surface area contributed by atoms with E-state index in [1.807, 2.05) is 45.0 Å². The third kappa shape index (κ3) is 3.74. The molecule has 0 bridgehead atoms. The van der Waals surface area contributed by atoms with Crippen LogP contribution in [-0.4, -0.2) is 19.1 Å². The van der Waals surface area contributed by atoms with Crippen LogP contribution in [-0.2, 0) is 11.3 Å². The van der Waals surface area contributed by atoms with Gasteiger partial charge in [-0.25, -0.2) is 0 Å². The highest BCUT2D eigenvalue weighted by molar-refractivity contribution is 5.82. The molecule has 0 heterocycles. The second-order valence-corrected chi connectivity index (χ2v) is 5.37. The van der Waals surface area contributed by atoms with E-state index in [1.165, 1.54) is 0 Å². The van der Waals surface area contributed by atoms with Gasteiger partial charge >= 0.3 is 0 Å². The summed E-state index contributed by atoms with van der Waals surface area (Å²) in [6.45, 7) is 6.26. The van der Waals surface area contributed by atoms with E-state index in [9.17, 15) is 4.79 Å². The highest BCUT2D eigenvalue weighted by Crippen LogP contribution is 2.19. The van der Waals surface area contributed by atoms with Crippen LogP contribution in [0.5, 0.6) is 5.75 Å². The third-order valence-corrected chi connectivity index (χ3v) is 2.86. The van der Waals surface area contributed by atoms with E-state index in [1.54, 1.807) is 7.11 Å². The molecule has 0 radical (unpaired) electrons. The van der Waals surface area contributed by atoms with E-state index < -0.39 is 6.04 Å². The zero-order valence-corrected chi connectivity index (χ0v) is 11.5. The molecule has 0 spiro atoms. The highest BCUT2D eigenvalue weighted by Gasteiger charge is 2.27. The number of benzene rings is 1. The van der Waals surface area contributed by atoms with Crippen molar-refractivity contribution in [3.8, 4) is 5.75 Å². The molecule has 1 unspecified atom stereocenters. The van der Waals surface area contributed by atoms with E-state index in [-0.39, 0.29) is 11.3 Å². The summed E-state index contributed by atoms with van der Waals surface area (Å²) in [4.78, 5) is 11.9. The van der Waals surface area contributed by atoms with Crippen molar-refractivity contribution in [3.05, 3.63) is 29.8 Å². The summed E-state index contributed by atoms with van der Waals surface area (Å²) in [6, 6.07) is 7.07. The second kappa shape index (κ2) is 5.87. The number of carbonyl (C=O) groups is 1. The maximum absolute atomic E-state index is 11.9. The van der Waals surface area contributed by atoms with Crippen LogP contribution >= 0.6 is 0 Å². The van der Waals surface area contributed by atoms with Crippen molar-refractivity contribution >= 4 is 5.91 Å². The Kier molecular flexibility index (Phi) is 4.73. The van der Waals surface area contributed by atoms with Crippen LogP contribution < -0.4 is 15.8 Å². The Labute approximate surface area is 109 Å². The van der Waals surface area contributed by atoms with Gasteiger partial charge in [0.05, 0.1) is 13.2 Å². The number of nitrogens with two attached hydrogens (primary N) is 1. The fourth-order valence-corrected chi connectivity index (χ4v) is 1.53. The molecular weight excluding hydrogens is 228 g/mol. The quantitative estimate of drug-likeness (QED) is 0.854. The number of para-hydroxylation sites is 1. The molecule has 18 heavy (non-hydrogen) atoms. The van der Waals surface area contributed by atoms with Crippen molar-refractivity contribution in [3.63, 3.8) is 0 Å². The smallest absolute Gasteiger partial charge is 0.237 e. The van der Waals surface area contributed by atoms with Gasteiger partial charge in [0.15, 0.2) is 0 Å². The minimum Gasteiger partial charge on any atom is -0.496 e. The Bertz CT molecular complexity index is 411. The summed E-state index contributed by atoms with van der Waals surface area (Å²) < 4.78 is 5.22. The van der Waals surface area contributed by atoms with Crippen LogP contribution in [0.15, 0.2) is 24.3 Å². The zero-order chi connectivity index (χ0) is 13.8. The summed E-state index contributed by atoms with van der Waals surface area (Å²) >= 11 is 0. The summed E-state index contributed by atoms with van der Waals surface area (Å²) in [5.41, 5.74) is 6.58. The largest absolute Gasteiger partial charge is 0.496 e. The first-order chi connectivity index (χ1) is 8.36. The summed E-state index contributed by atoms with van der Waals surface area (Å²) in [5, 5.41) is 2.84. The van der Waals surface area contributed by atoms with Gasteiger partial charge in [-0.3, -0.25) is 4.79 Å². The van der Waals surface area contributed by atoms with Gasteiger partial charge in [-0.15, -0.1) is 0 Å². The molecule has 4 heteroatoms. The maximum atomic E-state index is 11.9. The molecule has 0 fully saturated rings. The van der Waals surface area contributed by atoms with Crippen LogP contribution in [0, 0.1) is 5.41 Å². The van der Waals surface area contributed by atoms with E-state index in [4.69, 9.17) is 10.5 Å². The minimum absolute atomic E-state index is 0.145. The van der Waals surface area contributed by atoms with Gasteiger partial charge < -0.3 is 15.8 Å². The van der Waals surface area contributed by atoms with Crippen molar-refractivity contribution in [2.75, 3.05) is 7.11 Å². The average molecular weight is 250 g/mol. The average Bonchev–Trinajstić information content (AvgIpc) is 2.34.